The van der Waals surface area contributed by atoms with Gasteiger partial charge >= 0.3 is 0 Å². The minimum atomic E-state index is 0.0849. The fraction of sp³-hybridized carbons (Fsp3) is 0.500. The smallest absolute Gasteiger partial charge is 0.233 e. The summed E-state index contributed by atoms with van der Waals surface area (Å²) in [5.41, 5.74) is 0.866. The summed E-state index contributed by atoms with van der Waals surface area (Å²) in [6.07, 6.45) is 3.78. The fourth-order valence-corrected chi connectivity index (χ4v) is 3.57. The molecule has 1 aromatic heterocycles. The first-order chi connectivity index (χ1) is 12.1. The second-order valence-corrected chi connectivity index (χ2v) is 7.07. The van der Waals surface area contributed by atoms with Gasteiger partial charge in [0.05, 0.1) is 12.1 Å². The SMILES string of the molecule is CNC(=O)CN1CCC(CN(C)c2ncnc3cc(Cl)ccc23)CC1. The molecule has 1 N–H and O–H groups in total. The highest BCUT2D eigenvalue weighted by Gasteiger charge is 2.22. The highest BCUT2D eigenvalue weighted by Crippen LogP contribution is 2.26. The predicted molar refractivity (Wildman–Crippen MR) is 101 cm³/mol. The van der Waals surface area contributed by atoms with Gasteiger partial charge in [0.2, 0.25) is 5.91 Å². The van der Waals surface area contributed by atoms with Gasteiger partial charge in [-0.2, -0.15) is 0 Å². The van der Waals surface area contributed by atoms with Crippen molar-refractivity contribution < 1.29 is 4.79 Å². The second kappa shape index (κ2) is 7.97. The van der Waals surface area contributed by atoms with E-state index in [9.17, 15) is 4.79 Å². The van der Waals surface area contributed by atoms with E-state index in [0.29, 0.717) is 17.5 Å². The molecule has 1 fully saturated rings. The van der Waals surface area contributed by atoms with Crippen LogP contribution in [0, 0.1) is 5.92 Å². The van der Waals surface area contributed by atoms with E-state index >= 15 is 0 Å². The number of nitrogens with zero attached hydrogens (tertiary/aromatic N) is 4. The lowest BCUT2D eigenvalue weighted by Gasteiger charge is -2.33. The first-order valence-corrected chi connectivity index (χ1v) is 8.99. The molecule has 1 aromatic carbocycles. The molecule has 0 saturated carbocycles. The molecule has 134 valence electrons. The predicted octanol–water partition coefficient (Wildman–Crippen LogP) is 2.18. The molecule has 1 saturated heterocycles. The van der Waals surface area contributed by atoms with Crippen molar-refractivity contribution in [3.05, 3.63) is 29.5 Å². The van der Waals surface area contributed by atoms with Crippen LogP contribution in [0.25, 0.3) is 10.9 Å². The molecule has 0 bridgehead atoms. The Morgan fingerprint density at radius 1 is 1.36 bits per heavy atom. The molecule has 1 aliphatic heterocycles. The van der Waals surface area contributed by atoms with Gasteiger partial charge in [-0.25, -0.2) is 9.97 Å². The lowest BCUT2D eigenvalue weighted by molar-refractivity contribution is -0.122. The molecular weight excluding hydrogens is 338 g/mol. The van der Waals surface area contributed by atoms with Crippen LogP contribution in [0.3, 0.4) is 0 Å². The van der Waals surface area contributed by atoms with Gasteiger partial charge in [-0.05, 0) is 50.0 Å². The summed E-state index contributed by atoms with van der Waals surface area (Å²) >= 11 is 6.06. The Hall–Kier alpha value is -1.92. The number of carbonyl (C=O) groups is 1. The normalized spacial score (nSPS) is 16.1. The largest absolute Gasteiger partial charge is 0.359 e. The number of halogens is 1. The summed E-state index contributed by atoms with van der Waals surface area (Å²) in [5.74, 6) is 1.62. The lowest BCUT2D eigenvalue weighted by Crippen LogP contribution is -2.42. The number of piperidine rings is 1. The van der Waals surface area contributed by atoms with Gasteiger partial charge in [0, 0.05) is 31.0 Å². The Labute approximate surface area is 153 Å². The fourth-order valence-electron chi connectivity index (χ4n) is 3.40. The number of fused-ring (bicyclic) bond motifs is 1. The molecule has 25 heavy (non-hydrogen) atoms. The van der Waals surface area contributed by atoms with E-state index in [1.54, 1.807) is 13.4 Å². The average Bonchev–Trinajstić information content (AvgIpc) is 2.62. The summed E-state index contributed by atoms with van der Waals surface area (Å²) in [5, 5.41) is 4.39. The lowest BCUT2D eigenvalue weighted by atomic mass is 9.96. The van der Waals surface area contributed by atoms with Crippen LogP contribution in [0.4, 0.5) is 5.82 Å². The maximum absolute atomic E-state index is 11.5. The Bertz CT molecular complexity index is 745. The van der Waals surface area contributed by atoms with Gasteiger partial charge in [0.25, 0.3) is 0 Å². The topological polar surface area (TPSA) is 61.4 Å². The van der Waals surface area contributed by atoms with Gasteiger partial charge < -0.3 is 10.2 Å². The zero-order valence-electron chi connectivity index (χ0n) is 14.7. The number of nitrogens with one attached hydrogen (secondary N) is 1. The summed E-state index contributed by atoms with van der Waals surface area (Å²) in [4.78, 5) is 24.7. The highest BCUT2D eigenvalue weighted by molar-refractivity contribution is 6.31. The Balaban J connectivity index is 1.62. The number of aromatic nitrogens is 2. The number of hydrogen-bond acceptors (Lipinski definition) is 5. The summed E-state index contributed by atoms with van der Waals surface area (Å²) in [6.45, 7) is 3.37. The quantitative estimate of drug-likeness (QED) is 0.884. The monoisotopic (exact) mass is 361 g/mol. The third kappa shape index (κ3) is 4.38. The van der Waals surface area contributed by atoms with Crippen molar-refractivity contribution in [1.82, 2.24) is 20.2 Å². The van der Waals surface area contributed by atoms with E-state index in [0.717, 1.165) is 49.2 Å². The number of carbonyl (C=O) groups excluding carboxylic acids is 1. The van der Waals surface area contributed by atoms with Crippen LogP contribution in [0.15, 0.2) is 24.5 Å². The van der Waals surface area contributed by atoms with Gasteiger partial charge in [0.1, 0.15) is 12.1 Å². The zero-order chi connectivity index (χ0) is 17.8. The van der Waals surface area contributed by atoms with Gasteiger partial charge in [-0.1, -0.05) is 11.6 Å². The van der Waals surface area contributed by atoms with E-state index in [-0.39, 0.29) is 5.91 Å². The van der Waals surface area contributed by atoms with Crippen LogP contribution in [0.1, 0.15) is 12.8 Å². The maximum atomic E-state index is 11.5. The van der Waals surface area contributed by atoms with Crippen molar-refractivity contribution in [2.24, 2.45) is 5.92 Å². The molecule has 6 nitrogen and oxygen atoms in total. The number of anilines is 1. The Morgan fingerprint density at radius 2 is 2.12 bits per heavy atom. The van der Waals surface area contributed by atoms with E-state index in [1.807, 2.05) is 18.2 Å². The van der Waals surface area contributed by atoms with Crippen LogP contribution >= 0.6 is 11.6 Å². The first-order valence-electron chi connectivity index (χ1n) is 8.61. The van der Waals surface area contributed by atoms with Crippen LogP contribution in [-0.4, -0.2) is 61.0 Å². The number of likely N-dealkylation sites (N-methyl/N-ethyl adjacent to an activating group) is 1. The number of hydrogen-bond donors (Lipinski definition) is 1. The van der Waals surface area contributed by atoms with Crippen LogP contribution < -0.4 is 10.2 Å². The average molecular weight is 362 g/mol. The van der Waals surface area contributed by atoms with Gasteiger partial charge in [-0.15, -0.1) is 0 Å². The van der Waals surface area contributed by atoms with E-state index < -0.39 is 0 Å². The minimum Gasteiger partial charge on any atom is -0.359 e. The van der Waals surface area contributed by atoms with Crippen molar-refractivity contribution in [2.45, 2.75) is 12.8 Å². The molecular formula is C18H24ClN5O. The molecule has 0 aliphatic carbocycles. The Morgan fingerprint density at radius 3 is 2.84 bits per heavy atom. The van der Waals surface area contributed by atoms with Gasteiger partial charge in [-0.3, -0.25) is 9.69 Å². The summed E-state index contributed by atoms with van der Waals surface area (Å²) in [6, 6.07) is 5.73. The zero-order valence-corrected chi connectivity index (χ0v) is 15.5. The van der Waals surface area contributed by atoms with Crippen molar-refractivity contribution in [2.75, 3.05) is 45.2 Å². The molecule has 1 amide bonds. The first kappa shape index (κ1) is 17.9. The Kier molecular flexibility index (Phi) is 5.71. The standard InChI is InChI=1S/C18H24ClN5O/c1-20-17(25)11-24-7-5-13(6-8-24)10-23(2)18-15-4-3-14(19)9-16(15)21-12-22-18/h3-4,9,12-13H,5-8,10-11H2,1-2H3,(H,20,25). The highest BCUT2D eigenvalue weighted by atomic mass is 35.5. The van der Waals surface area contributed by atoms with Crippen LogP contribution in [0.2, 0.25) is 5.02 Å². The molecule has 0 unspecified atom stereocenters. The van der Waals surface area contributed by atoms with Crippen molar-refractivity contribution in [3.8, 4) is 0 Å². The maximum Gasteiger partial charge on any atom is 0.233 e. The van der Waals surface area contributed by atoms with E-state index in [1.165, 1.54) is 0 Å². The third-order valence-corrected chi connectivity index (χ3v) is 5.06. The molecule has 0 radical (unpaired) electrons. The minimum absolute atomic E-state index is 0.0849. The number of rotatable bonds is 5. The number of benzene rings is 1. The molecule has 2 heterocycles. The third-order valence-electron chi connectivity index (χ3n) is 4.82. The molecule has 1 aliphatic rings. The summed E-state index contributed by atoms with van der Waals surface area (Å²) in [7, 11) is 3.76. The van der Waals surface area contributed by atoms with Crippen molar-refractivity contribution in [1.29, 1.82) is 0 Å². The van der Waals surface area contributed by atoms with Crippen molar-refractivity contribution >= 4 is 34.2 Å². The van der Waals surface area contributed by atoms with Crippen LogP contribution in [0.5, 0.6) is 0 Å². The molecule has 7 heteroatoms. The van der Waals surface area contributed by atoms with Crippen LogP contribution in [-0.2, 0) is 4.79 Å². The van der Waals surface area contributed by atoms with E-state index in [2.05, 4.69) is 32.1 Å². The number of likely N-dealkylation sites (tertiary alicyclic amines) is 1. The second-order valence-electron chi connectivity index (χ2n) is 6.63. The molecule has 0 spiro atoms. The molecule has 2 aromatic rings. The molecule has 3 rings (SSSR count). The number of amides is 1. The van der Waals surface area contributed by atoms with Gasteiger partial charge in [0.15, 0.2) is 0 Å². The molecule has 0 atom stereocenters. The van der Waals surface area contributed by atoms with Crippen molar-refractivity contribution in [3.63, 3.8) is 0 Å². The summed E-state index contributed by atoms with van der Waals surface area (Å²) < 4.78 is 0. The van der Waals surface area contributed by atoms with E-state index in [4.69, 9.17) is 11.6 Å².